The van der Waals surface area contributed by atoms with Crippen molar-refractivity contribution in [1.29, 1.82) is 0 Å². The molecule has 26 heavy (non-hydrogen) atoms. The summed E-state index contributed by atoms with van der Waals surface area (Å²) >= 11 is 0. The van der Waals surface area contributed by atoms with Crippen LogP contribution in [0.5, 0.6) is 0 Å². The summed E-state index contributed by atoms with van der Waals surface area (Å²) in [5, 5.41) is 0. The maximum absolute atomic E-state index is 2.75. The Morgan fingerprint density at radius 2 is 1.38 bits per heavy atom. The van der Waals surface area contributed by atoms with Crippen LogP contribution in [-0.2, 0) is 0 Å². The van der Waals surface area contributed by atoms with E-state index in [2.05, 4.69) is 72.4 Å². The van der Waals surface area contributed by atoms with E-state index in [0.717, 1.165) is 12.0 Å². The van der Waals surface area contributed by atoms with Crippen LogP contribution in [0.25, 0.3) is 0 Å². The third kappa shape index (κ3) is 2.62. The molecular formula is C24H30N2. The van der Waals surface area contributed by atoms with Gasteiger partial charge in [-0.25, -0.2) is 0 Å². The summed E-state index contributed by atoms with van der Waals surface area (Å²) in [6.07, 6.45) is 3.97. The molecule has 0 spiro atoms. The van der Waals surface area contributed by atoms with Gasteiger partial charge in [-0.2, -0.15) is 0 Å². The molecule has 2 nitrogen and oxygen atoms in total. The maximum Gasteiger partial charge on any atom is 0.0136 e. The standard InChI is InChI=1S/C24H30N2/c1-25(2)18-11-13-26(14-12-18)16-17-15-23-19-7-3-5-9-21(19)24(17)22-10-6-4-8-20(22)23/h3-10,17-18,23-24H,11-16H2,1-2H3. The lowest BCUT2D eigenvalue weighted by atomic mass is 9.59. The van der Waals surface area contributed by atoms with Gasteiger partial charge < -0.3 is 9.80 Å². The van der Waals surface area contributed by atoms with Crippen LogP contribution in [0.1, 0.15) is 53.4 Å². The lowest BCUT2D eigenvalue weighted by Crippen LogP contribution is -2.45. The number of likely N-dealkylation sites (tertiary alicyclic amines) is 1. The predicted octanol–water partition coefficient (Wildman–Crippen LogP) is 4.31. The Balaban J connectivity index is 1.41. The van der Waals surface area contributed by atoms with Crippen LogP contribution in [0.2, 0.25) is 0 Å². The van der Waals surface area contributed by atoms with Gasteiger partial charge in [0.25, 0.3) is 0 Å². The van der Waals surface area contributed by atoms with Crippen LogP contribution in [0, 0.1) is 5.92 Å². The molecule has 136 valence electrons. The highest BCUT2D eigenvalue weighted by atomic mass is 15.2. The number of rotatable bonds is 3. The number of benzene rings is 2. The fourth-order valence-corrected chi connectivity index (χ4v) is 5.89. The van der Waals surface area contributed by atoms with E-state index in [9.17, 15) is 0 Å². The Morgan fingerprint density at radius 1 is 0.846 bits per heavy atom. The van der Waals surface area contributed by atoms with Gasteiger partial charge in [0, 0.05) is 24.4 Å². The van der Waals surface area contributed by atoms with Crippen molar-refractivity contribution in [3.8, 4) is 0 Å². The fraction of sp³-hybridized carbons (Fsp3) is 0.500. The number of hydrogen-bond donors (Lipinski definition) is 0. The quantitative estimate of drug-likeness (QED) is 0.817. The molecule has 2 aromatic carbocycles. The van der Waals surface area contributed by atoms with Crippen molar-refractivity contribution in [1.82, 2.24) is 9.80 Å². The van der Waals surface area contributed by atoms with Gasteiger partial charge in [0.2, 0.25) is 0 Å². The molecule has 1 heterocycles. The molecule has 2 aromatic rings. The summed E-state index contributed by atoms with van der Waals surface area (Å²) in [5.74, 6) is 1.97. The molecule has 1 unspecified atom stereocenters. The van der Waals surface area contributed by atoms with Crippen LogP contribution in [0.3, 0.4) is 0 Å². The first-order chi connectivity index (χ1) is 12.7. The molecule has 2 heteroatoms. The minimum atomic E-state index is 0.596. The molecule has 1 saturated heterocycles. The van der Waals surface area contributed by atoms with Gasteiger partial charge >= 0.3 is 0 Å². The number of piperidine rings is 1. The van der Waals surface area contributed by atoms with E-state index in [0.29, 0.717) is 11.8 Å². The first-order valence-corrected chi connectivity index (χ1v) is 10.3. The SMILES string of the molecule is CN(C)C1CCN(CC2CC3c4ccccc4C2c2ccccc23)CC1. The third-order valence-electron chi connectivity index (χ3n) is 7.20. The summed E-state index contributed by atoms with van der Waals surface area (Å²) in [6.45, 7) is 3.80. The van der Waals surface area contributed by atoms with E-state index in [1.165, 1.54) is 38.9 Å². The minimum Gasteiger partial charge on any atom is -0.306 e. The van der Waals surface area contributed by atoms with Crippen molar-refractivity contribution in [2.75, 3.05) is 33.7 Å². The molecule has 0 aromatic heterocycles. The van der Waals surface area contributed by atoms with Crippen LogP contribution in [0.4, 0.5) is 0 Å². The summed E-state index contributed by atoms with van der Waals surface area (Å²) in [4.78, 5) is 5.16. The van der Waals surface area contributed by atoms with Gasteiger partial charge in [-0.3, -0.25) is 0 Å². The van der Waals surface area contributed by atoms with Gasteiger partial charge in [0.1, 0.15) is 0 Å². The van der Waals surface area contributed by atoms with Crippen molar-refractivity contribution >= 4 is 0 Å². The molecule has 0 amide bonds. The Kier molecular flexibility index (Phi) is 4.14. The van der Waals surface area contributed by atoms with Crippen LogP contribution < -0.4 is 0 Å². The lowest BCUT2D eigenvalue weighted by molar-refractivity contribution is 0.119. The van der Waals surface area contributed by atoms with Crippen molar-refractivity contribution < 1.29 is 0 Å². The predicted molar refractivity (Wildman–Crippen MR) is 108 cm³/mol. The monoisotopic (exact) mass is 346 g/mol. The molecule has 1 atom stereocenters. The molecule has 4 aliphatic rings. The topological polar surface area (TPSA) is 6.48 Å². The first-order valence-electron chi connectivity index (χ1n) is 10.3. The minimum absolute atomic E-state index is 0.596. The fourth-order valence-electron chi connectivity index (χ4n) is 5.89. The van der Waals surface area contributed by atoms with Gasteiger partial charge in [-0.1, -0.05) is 48.5 Å². The third-order valence-corrected chi connectivity index (χ3v) is 7.20. The highest BCUT2D eigenvalue weighted by molar-refractivity contribution is 5.55. The van der Waals surface area contributed by atoms with Gasteiger partial charge in [0.05, 0.1) is 0 Å². The Morgan fingerprint density at radius 3 is 1.92 bits per heavy atom. The number of fused-ring (bicyclic) bond motifs is 1. The molecule has 0 radical (unpaired) electrons. The molecule has 0 N–H and O–H groups in total. The van der Waals surface area contributed by atoms with E-state index in [1.54, 1.807) is 22.3 Å². The van der Waals surface area contributed by atoms with E-state index in [4.69, 9.17) is 0 Å². The highest BCUT2D eigenvalue weighted by Gasteiger charge is 2.43. The molecular weight excluding hydrogens is 316 g/mol. The summed E-state index contributed by atoms with van der Waals surface area (Å²) < 4.78 is 0. The largest absolute Gasteiger partial charge is 0.306 e. The molecule has 6 rings (SSSR count). The average Bonchev–Trinajstić information content (AvgIpc) is 2.69. The van der Waals surface area contributed by atoms with Crippen LogP contribution in [-0.4, -0.2) is 49.6 Å². The van der Waals surface area contributed by atoms with Gasteiger partial charge in [0.15, 0.2) is 0 Å². The molecule has 2 bridgehead atoms. The first kappa shape index (κ1) is 16.5. The normalized spacial score (nSPS) is 28.2. The molecule has 3 aliphatic carbocycles. The second-order valence-electron chi connectivity index (χ2n) is 8.78. The maximum atomic E-state index is 2.75. The Labute approximate surface area is 157 Å². The number of nitrogens with zero attached hydrogens (tertiary/aromatic N) is 2. The Hall–Kier alpha value is -1.64. The van der Waals surface area contributed by atoms with Crippen molar-refractivity contribution in [3.63, 3.8) is 0 Å². The molecule has 1 aliphatic heterocycles. The zero-order valence-corrected chi connectivity index (χ0v) is 16.1. The van der Waals surface area contributed by atoms with E-state index < -0.39 is 0 Å². The van der Waals surface area contributed by atoms with Gasteiger partial charge in [-0.15, -0.1) is 0 Å². The van der Waals surface area contributed by atoms with E-state index >= 15 is 0 Å². The summed E-state index contributed by atoms with van der Waals surface area (Å²) in [7, 11) is 4.46. The van der Waals surface area contributed by atoms with E-state index in [1.807, 2.05) is 0 Å². The van der Waals surface area contributed by atoms with Crippen molar-refractivity contribution in [2.24, 2.45) is 5.92 Å². The summed E-state index contributed by atoms with van der Waals surface area (Å²) in [5.41, 5.74) is 6.41. The van der Waals surface area contributed by atoms with Crippen molar-refractivity contribution in [2.45, 2.75) is 37.1 Å². The lowest BCUT2D eigenvalue weighted by Gasteiger charge is -2.47. The van der Waals surface area contributed by atoms with Crippen molar-refractivity contribution in [3.05, 3.63) is 70.8 Å². The molecule has 0 saturated carbocycles. The zero-order chi connectivity index (χ0) is 17.7. The van der Waals surface area contributed by atoms with Gasteiger partial charge in [-0.05, 0) is 74.6 Å². The number of hydrogen-bond acceptors (Lipinski definition) is 2. The molecule has 1 fully saturated rings. The van der Waals surface area contributed by atoms with Crippen LogP contribution >= 0.6 is 0 Å². The zero-order valence-electron chi connectivity index (χ0n) is 16.1. The second kappa shape index (κ2) is 6.51. The van der Waals surface area contributed by atoms with Crippen LogP contribution in [0.15, 0.2) is 48.5 Å². The summed E-state index contributed by atoms with van der Waals surface area (Å²) in [6, 6.07) is 19.2. The smallest absolute Gasteiger partial charge is 0.0136 e. The Bertz CT molecular complexity index is 741. The highest BCUT2D eigenvalue weighted by Crippen LogP contribution is 2.55. The van der Waals surface area contributed by atoms with E-state index in [-0.39, 0.29) is 0 Å². The second-order valence-corrected chi connectivity index (χ2v) is 8.78. The average molecular weight is 347 g/mol.